The largest absolute Gasteiger partial charge is 0.452 e. The molecule has 2 aromatic carbocycles. The van der Waals surface area contributed by atoms with Crippen LogP contribution in [0.5, 0.6) is 0 Å². The Bertz CT molecular complexity index is 1100. The van der Waals surface area contributed by atoms with E-state index in [1.807, 2.05) is 20.8 Å². The molecule has 1 aliphatic rings. The molecule has 172 valence electrons. The monoisotopic (exact) mass is 451 g/mol. The van der Waals surface area contributed by atoms with Gasteiger partial charge in [-0.05, 0) is 51.1 Å². The van der Waals surface area contributed by atoms with Gasteiger partial charge < -0.3 is 15.0 Å². The normalized spacial score (nSPS) is 12.9. The van der Waals surface area contributed by atoms with Crippen LogP contribution < -0.4 is 10.2 Å². The summed E-state index contributed by atoms with van der Waals surface area (Å²) in [5, 5.41) is 2.74. The molecule has 0 unspecified atom stereocenters. The van der Waals surface area contributed by atoms with Crippen LogP contribution in [0.1, 0.15) is 51.8 Å². The van der Waals surface area contributed by atoms with E-state index in [0.29, 0.717) is 11.1 Å². The molecule has 0 radical (unpaired) electrons. The molecule has 1 aliphatic heterocycles. The summed E-state index contributed by atoms with van der Waals surface area (Å²) < 4.78 is 5.08. The summed E-state index contributed by atoms with van der Waals surface area (Å²) in [7, 11) is 1.43. The van der Waals surface area contributed by atoms with Crippen LogP contribution in [-0.2, 0) is 14.3 Å². The third-order valence-electron chi connectivity index (χ3n) is 4.78. The van der Waals surface area contributed by atoms with Crippen molar-refractivity contribution in [2.45, 2.75) is 26.3 Å². The fourth-order valence-corrected chi connectivity index (χ4v) is 3.28. The summed E-state index contributed by atoms with van der Waals surface area (Å²) in [5.41, 5.74) is 0.444. The molecule has 9 nitrogen and oxygen atoms in total. The summed E-state index contributed by atoms with van der Waals surface area (Å²) in [5.74, 6) is -2.64. The summed E-state index contributed by atoms with van der Waals surface area (Å²) in [6.45, 7) is 4.73. The first kappa shape index (κ1) is 23.6. The van der Waals surface area contributed by atoms with Crippen LogP contribution in [0.15, 0.2) is 48.5 Å². The van der Waals surface area contributed by atoms with Crippen LogP contribution >= 0.6 is 0 Å². The molecular formula is C24H25N3O6. The number of fused-ring (bicyclic) bond motifs is 1. The number of likely N-dealkylation sites (N-methyl/N-ethyl adjacent to an activating group) is 1. The molecule has 2 aromatic rings. The quantitative estimate of drug-likeness (QED) is 0.531. The predicted molar refractivity (Wildman–Crippen MR) is 120 cm³/mol. The lowest BCUT2D eigenvalue weighted by atomic mass is 10.1. The number of imide groups is 1. The van der Waals surface area contributed by atoms with Gasteiger partial charge >= 0.3 is 5.97 Å². The second-order valence-corrected chi connectivity index (χ2v) is 8.67. The maximum Gasteiger partial charge on any atom is 0.338 e. The smallest absolute Gasteiger partial charge is 0.338 e. The van der Waals surface area contributed by atoms with Crippen molar-refractivity contribution in [3.05, 3.63) is 65.2 Å². The number of carbonyl (C=O) groups excluding carboxylic acids is 5. The Morgan fingerprint density at radius 3 is 2.15 bits per heavy atom. The first-order valence-corrected chi connectivity index (χ1v) is 10.3. The predicted octanol–water partition coefficient (Wildman–Crippen LogP) is 2.02. The van der Waals surface area contributed by atoms with Gasteiger partial charge in [0.15, 0.2) is 6.61 Å². The number of anilines is 1. The van der Waals surface area contributed by atoms with E-state index in [2.05, 4.69) is 5.32 Å². The number of ether oxygens (including phenoxy) is 1. The number of hydrogen-bond acceptors (Lipinski definition) is 6. The van der Waals surface area contributed by atoms with E-state index in [0.717, 1.165) is 9.80 Å². The van der Waals surface area contributed by atoms with Gasteiger partial charge in [-0.3, -0.25) is 19.2 Å². The van der Waals surface area contributed by atoms with E-state index in [4.69, 9.17) is 4.74 Å². The van der Waals surface area contributed by atoms with E-state index < -0.39 is 35.8 Å². The zero-order valence-corrected chi connectivity index (χ0v) is 18.9. The topological polar surface area (TPSA) is 113 Å². The minimum Gasteiger partial charge on any atom is -0.452 e. The van der Waals surface area contributed by atoms with E-state index >= 15 is 0 Å². The molecule has 4 amide bonds. The lowest BCUT2D eigenvalue weighted by Crippen LogP contribution is -2.46. The van der Waals surface area contributed by atoms with Gasteiger partial charge in [-0.1, -0.05) is 18.2 Å². The highest BCUT2D eigenvalue weighted by molar-refractivity contribution is 6.34. The number of amides is 4. The number of benzene rings is 2. The van der Waals surface area contributed by atoms with E-state index in [9.17, 15) is 24.0 Å². The highest BCUT2D eigenvalue weighted by atomic mass is 16.5. The van der Waals surface area contributed by atoms with Crippen molar-refractivity contribution < 1.29 is 28.7 Å². The highest BCUT2D eigenvalue weighted by Gasteiger charge is 2.36. The van der Waals surface area contributed by atoms with Crippen LogP contribution in [0.4, 0.5) is 5.69 Å². The van der Waals surface area contributed by atoms with Crippen molar-refractivity contribution >= 4 is 35.3 Å². The Balaban J connectivity index is 1.63. The fourth-order valence-electron chi connectivity index (χ4n) is 3.28. The number of nitrogens with zero attached hydrogens (tertiary/aromatic N) is 2. The molecule has 0 bridgehead atoms. The van der Waals surface area contributed by atoms with E-state index in [-0.39, 0.29) is 23.7 Å². The molecule has 33 heavy (non-hydrogen) atoms. The first-order chi connectivity index (χ1) is 15.5. The Morgan fingerprint density at radius 2 is 1.58 bits per heavy atom. The van der Waals surface area contributed by atoms with E-state index in [1.165, 1.54) is 31.3 Å². The molecule has 0 atom stereocenters. The Kier molecular flexibility index (Phi) is 6.62. The maximum absolute atomic E-state index is 12.7. The molecule has 0 saturated heterocycles. The molecule has 0 aliphatic carbocycles. The summed E-state index contributed by atoms with van der Waals surface area (Å²) in [4.78, 5) is 64.1. The lowest BCUT2D eigenvalue weighted by molar-refractivity contribution is -0.137. The maximum atomic E-state index is 12.7. The number of nitrogens with one attached hydrogen (secondary N) is 1. The van der Waals surface area contributed by atoms with Crippen molar-refractivity contribution in [1.82, 2.24) is 10.2 Å². The Labute approximate surface area is 191 Å². The van der Waals surface area contributed by atoms with Gasteiger partial charge in [0.25, 0.3) is 17.7 Å². The summed E-state index contributed by atoms with van der Waals surface area (Å²) in [6.07, 6.45) is 0. The zero-order valence-electron chi connectivity index (χ0n) is 18.9. The lowest BCUT2D eigenvalue weighted by Gasteiger charge is -2.23. The molecule has 3 rings (SSSR count). The summed E-state index contributed by atoms with van der Waals surface area (Å²) in [6, 6.07) is 12.3. The van der Waals surface area contributed by atoms with Gasteiger partial charge in [0, 0.05) is 12.6 Å². The van der Waals surface area contributed by atoms with Crippen molar-refractivity contribution in [1.29, 1.82) is 0 Å². The van der Waals surface area contributed by atoms with Crippen LogP contribution in [0.2, 0.25) is 0 Å². The van der Waals surface area contributed by atoms with Crippen LogP contribution in [0.25, 0.3) is 0 Å². The van der Waals surface area contributed by atoms with Crippen molar-refractivity contribution in [2.75, 3.05) is 25.1 Å². The van der Waals surface area contributed by atoms with Crippen molar-refractivity contribution in [2.24, 2.45) is 0 Å². The van der Waals surface area contributed by atoms with Gasteiger partial charge in [-0.25, -0.2) is 9.69 Å². The zero-order chi connectivity index (χ0) is 24.3. The molecule has 0 fully saturated rings. The summed E-state index contributed by atoms with van der Waals surface area (Å²) >= 11 is 0. The van der Waals surface area contributed by atoms with Gasteiger partial charge in [-0.15, -0.1) is 0 Å². The van der Waals surface area contributed by atoms with Crippen molar-refractivity contribution in [3.8, 4) is 0 Å². The van der Waals surface area contributed by atoms with Gasteiger partial charge in [0.05, 0.1) is 28.9 Å². The Hall–Kier alpha value is -4.01. The first-order valence-electron chi connectivity index (χ1n) is 10.3. The molecule has 1 N–H and O–H groups in total. The molecule has 9 heteroatoms. The fraction of sp³-hybridized carbons (Fsp3) is 0.292. The molecule has 0 aromatic heterocycles. The van der Waals surface area contributed by atoms with Gasteiger partial charge in [-0.2, -0.15) is 0 Å². The third-order valence-corrected chi connectivity index (χ3v) is 4.78. The van der Waals surface area contributed by atoms with Crippen LogP contribution in [0.3, 0.4) is 0 Å². The molecule has 1 heterocycles. The second kappa shape index (κ2) is 9.23. The standard InChI is InChI=1S/C24H25N3O6/c1-24(2,3)25-19(28)13-26(4)20(29)14-33-23(32)15-8-7-9-16(12-15)27-21(30)17-10-5-6-11-18(17)22(27)31/h5-12H,13-14H2,1-4H3,(H,25,28). The number of esters is 1. The highest BCUT2D eigenvalue weighted by Crippen LogP contribution is 2.28. The molecule has 0 spiro atoms. The SMILES string of the molecule is CN(CC(=O)NC(C)(C)C)C(=O)COC(=O)c1cccc(N2C(=O)c3ccccc3C2=O)c1. The van der Waals surface area contributed by atoms with Crippen LogP contribution in [0, 0.1) is 0 Å². The van der Waals surface area contributed by atoms with Gasteiger partial charge in [0.1, 0.15) is 0 Å². The second-order valence-electron chi connectivity index (χ2n) is 8.67. The molecule has 0 saturated carbocycles. The number of carbonyl (C=O) groups is 5. The minimum absolute atomic E-state index is 0.0741. The third kappa shape index (κ3) is 5.43. The average molecular weight is 451 g/mol. The van der Waals surface area contributed by atoms with Crippen molar-refractivity contribution in [3.63, 3.8) is 0 Å². The average Bonchev–Trinajstić information content (AvgIpc) is 3.00. The van der Waals surface area contributed by atoms with E-state index in [1.54, 1.807) is 24.3 Å². The van der Waals surface area contributed by atoms with Crippen LogP contribution in [-0.4, -0.2) is 60.2 Å². The number of rotatable bonds is 6. The number of hydrogen-bond donors (Lipinski definition) is 1. The molecular weight excluding hydrogens is 426 g/mol. The van der Waals surface area contributed by atoms with Gasteiger partial charge in [0.2, 0.25) is 5.91 Å². The minimum atomic E-state index is -0.797. The Morgan fingerprint density at radius 1 is 0.970 bits per heavy atom.